The van der Waals surface area contributed by atoms with Crippen molar-refractivity contribution in [1.82, 2.24) is 14.8 Å². The van der Waals surface area contributed by atoms with Gasteiger partial charge in [0.05, 0.1) is 17.3 Å². The van der Waals surface area contributed by atoms with Crippen molar-refractivity contribution in [3.05, 3.63) is 52.8 Å². The van der Waals surface area contributed by atoms with E-state index in [1.54, 1.807) is 0 Å². The van der Waals surface area contributed by atoms with Crippen LogP contribution in [0.15, 0.2) is 40.0 Å². The van der Waals surface area contributed by atoms with Gasteiger partial charge in [0.1, 0.15) is 0 Å². The minimum atomic E-state index is -3.00. The van der Waals surface area contributed by atoms with Crippen molar-refractivity contribution in [3.8, 4) is 11.5 Å². The molecular weight excluding hydrogens is 422 g/mol. The third-order valence-electron chi connectivity index (χ3n) is 5.47. The molecule has 1 fully saturated rings. The first kappa shape index (κ1) is 20.9. The van der Waals surface area contributed by atoms with Crippen LogP contribution in [0.1, 0.15) is 39.8 Å². The molecule has 0 amide bonds. The maximum Gasteiger partial charge on any atom is 0.277 e. The largest absolute Gasteiger partial charge is 0.411 e. The molecule has 30 heavy (non-hydrogen) atoms. The highest BCUT2D eigenvalue weighted by molar-refractivity contribution is 7.99. The Morgan fingerprint density at radius 3 is 2.70 bits per heavy atom. The molecule has 7 nitrogen and oxygen atoms in total. The summed E-state index contributed by atoms with van der Waals surface area (Å²) in [7, 11) is -3.00. The fraction of sp³-hybridized carbons (Fsp3) is 0.381. The van der Waals surface area contributed by atoms with Gasteiger partial charge < -0.3 is 8.98 Å². The van der Waals surface area contributed by atoms with Gasteiger partial charge >= 0.3 is 0 Å². The minimum absolute atomic E-state index is 0.0455. The Kier molecular flexibility index (Phi) is 5.59. The van der Waals surface area contributed by atoms with Crippen molar-refractivity contribution in [2.24, 2.45) is 0 Å². The molecule has 1 aliphatic heterocycles. The molecule has 0 saturated carbocycles. The molecule has 1 aliphatic rings. The molecule has 1 aromatic carbocycles. The lowest BCUT2D eigenvalue weighted by molar-refractivity contribution is 0.102. The van der Waals surface area contributed by atoms with Gasteiger partial charge in [0.2, 0.25) is 5.89 Å². The third-order valence-corrected chi connectivity index (χ3v) is 8.04. The Bertz CT molecular complexity index is 1210. The highest BCUT2D eigenvalue weighted by Gasteiger charge is 2.31. The number of ketones is 1. The highest BCUT2D eigenvalue weighted by Crippen LogP contribution is 2.30. The summed E-state index contributed by atoms with van der Waals surface area (Å²) < 4.78 is 31.4. The van der Waals surface area contributed by atoms with E-state index in [1.165, 1.54) is 11.8 Å². The number of sulfone groups is 1. The molecule has 1 atom stereocenters. The van der Waals surface area contributed by atoms with Crippen LogP contribution >= 0.6 is 11.8 Å². The predicted molar refractivity (Wildman–Crippen MR) is 116 cm³/mol. The Balaban J connectivity index is 1.47. The van der Waals surface area contributed by atoms with Crippen molar-refractivity contribution in [1.29, 1.82) is 0 Å². The second-order valence-electron chi connectivity index (χ2n) is 7.61. The summed E-state index contributed by atoms with van der Waals surface area (Å²) in [5, 5.41) is 8.48. The summed E-state index contributed by atoms with van der Waals surface area (Å²) in [5.74, 6) is 0.895. The first-order chi connectivity index (χ1) is 14.2. The SMILES string of the molecule is Cc1ccccc1-c1nnc(SCC(=O)c2cc(C)n(C3CCS(=O)(=O)C3)c2C)o1. The van der Waals surface area contributed by atoms with E-state index < -0.39 is 9.84 Å². The number of hydrogen-bond donors (Lipinski definition) is 0. The van der Waals surface area contributed by atoms with Gasteiger partial charge in [-0.15, -0.1) is 10.2 Å². The zero-order chi connectivity index (χ0) is 21.5. The zero-order valence-electron chi connectivity index (χ0n) is 17.1. The van der Waals surface area contributed by atoms with Crippen molar-refractivity contribution in [2.75, 3.05) is 17.3 Å². The number of benzene rings is 1. The number of aryl methyl sites for hydroxylation is 2. The summed E-state index contributed by atoms with van der Waals surface area (Å²) in [6.45, 7) is 5.76. The molecule has 0 radical (unpaired) electrons. The zero-order valence-corrected chi connectivity index (χ0v) is 18.7. The summed E-state index contributed by atoms with van der Waals surface area (Å²) in [6, 6.07) is 9.49. The van der Waals surface area contributed by atoms with Crippen molar-refractivity contribution in [3.63, 3.8) is 0 Å². The fourth-order valence-electron chi connectivity index (χ4n) is 4.00. The molecule has 2 aromatic heterocycles. The standard InChI is InChI=1S/C21H23N3O4S2/c1-13-6-4-5-7-17(13)20-22-23-21(28-20)29-11-19(25)18-10-14(2)24(15(18)3)16-8-9-30(26,27)12-16/h4-7,10,16H,8-9,11-12H2,1-3H3. The van der Waals surface area contributed by atoms with E-state index >= 15 is 0 Å². The Morgan fingerprint density at radius 2 is 2.00 bits per heavy atom. The Hall–Kier alpha value is -2.39. The van der Waals surface area contributed by atoms with E-state index in [4.69, 9.17) is 4.42 Å². The van der Waals surface area contributed by atoms with Crippen LogP contribution in [-0.4, -0.2) is 46.2 Å². The first-order valence-corrected chi connectivity index (χ1v) is 12.5. The molecule has 0 N–H and O–H groups in total. The molecule has 0 aliphatic carbocycles. The summed E-state index contributed by atoms with van der Waals surface area (Å²) >= 11 is 1.21. The van der Waals surface area contributed by atoms with E-state index in [0.717, 1.165) is 22.5 Å². The van der Waals surface area contributed by atoms with E-state index in [0.29, 0.717) is 23.1 Å². The molecule has 3 aromatic rings. The summed E-state index contributed by atoms with van der Waals surface area (Å²) in [6.07, 6.45) is 0.588. The lowest BCUT2D eigenvalue weighted by Gasteiger charge is -2.16. The number of nitrogens with zero attached hydrogens (tertiary/aromatic N) is 3. The van der Waals surface area contributed by atoms with Crippen LogP contribution in [0, 0.1) is 20.8 Å². The normalized spacial score (nSPS) is 18.0. The van der Waals surface area contributed by atoms with Gasteiger partial charge in [-0.2, -0.15) is 0 Å². The van der Waals surface area contributed by atoms with Crippen LogP contribution in [0.3, 0.4) is 0 Å². The average molecular weight is 446 g/mol. The number of rotatable bonds is 6. The van der Waals surface area contributed by atoms with Crippen LogP contribution in [0.25, 0.3) is 11.5 Å². The molecule has 4 rings (SSSR count). The number of carbonyl (C=O) groups excluding carboxylic acids is 1. The van der Waals surface area contributed by atoms with Crippen molar-refractivity contribution in [2.45, 2.75) is 38.5 Å². The summed E-state index contributed by atoms with van der Waals surface area (Å²) in [5.41, 5.74) is 4.24. The van der Waals surface area contributed by atoms with Gasteiger partial charge in [-0.1, -0.05) is 30.0 Å². The van der Waals surface area contributed by atoms with E-state index in [-0.39, 0.29) is 29.1 Å². The molecular formula is C21H23N3O4S2. The smallest absolute Gasteiger partial charge is 0.277 e. The monoisotopic (exact) mass is 445 g/mol. The minimum Gasteiger partial charge on any atom is -0.411 e. The lowest BCUT2D eigenvalue weighted by Crippen LogP contribution is -2.14. The third kappa shape index (κ3) is 4.09. The van der Waals surface area contributed by atoms with Gasteiger partial charge in [0.25, 0.3) is 5.22 Å². The number of thioether (sulfide) groups is 1. The summed E-state index contributed by atoms with van der Waals surface area (Å²) in [4.78, 5) is 12.8. The number of aromatic nitrogens is 3. The van der Waals surface area contributed by atoms with Crippen LogP contribution in [0.2, 0.25) is 0 Å². The van der Waals surface area contributed by atoms with Crippen LogP contribution in [-0.2, 0) is 9.84 Å². The molecule has 1 saturated heterocycles. The topological polar surface area (TPSA) is 95.1 Å². The molecule has 1 unspecified atom stereocenters. The maximum absolute atomic E-state index is 12.8. The number of Topliss-reactive ketones (excluding diaryl/α,β-unsaturated/α-hetero) is 1. The van der Waals surface area contributed by atoms with Gasteiger partial charge in [-0.25, -0.2) is 8.42 Å². The first-order valence-electron chi connectivity index (χ1n) is 9.69. The fourth-order valence-corrected chi connectivity index (χ4v) is 6.34. The molecule has 0 spiro atoms. The maximum atomic E-state index is 12.8. The van der Waals surface area contributed by atoms with E-state index in [1.807, 2.05) is 55.7 Å². The van der Waals surface area contributed by atoms with Gasteiger partial charge in [-0.3, -0.25) is 4.79 Å². The van der Waals surface area contributed by atoms with Crippen molar-refractivity contribution >= 4 is 27.4 Å². The van der Waals surface area contributed by atoms with E-state index in [9.17, 15) is 13.2 Å². The second-order valence-corrected chi connectivity index (χ2v) is 10.8. The van der Waals surface area contributed by atoms with Gasteiger partial charge in [0, 0.05) is 28.6 Å². The number of hydrogen-bond acceptors (Lipinski definition) is 7. The lowest BCUT2D eigenvalue weighted by atomic mass is 10.1. The van der Waals surface area contributed by atoms with Gasteiger partial charge in [-0.05, 0) is 44.9 Å². The molecule has 158 valence electrons. The van der Waals surface area contributed by atoms with Crippen LogP contribution in [0.5, 0.6) is 0 Å². The molecule has 9 heteroatoms. The van der Waals surface area contributed by atoms with E-state index in [2.05, 4.69) is 10.2 Å². The second kappa shape index (κ2) is 8.03. The predicted octanol–water partition coefficient (Wildman–Crippen LogP) is 3.80. The highest BCUT2D eigenvalue weighted by atomic mass is 32.2. The Labute approximate surface area is 179 Å². The van der Waals surface area contributed by atoms with Crippen LogP contribution in [0.4, 0.5) is 0 Å². The van der Waals surface area contributed by atoms with Crippen molar-refractivity contribution < 1.29 is 17.6 Å². The van der Waals surface area contributed by atoms with Gasteiger partial charge in [0.15, 0.2) is 15.6 Å². The molecule has 3 heterocycles. The molecule has 0 bridgehead atoms. The Morgan fingerprint density at radius 1 is 1.23 bits per heavy atom. The number of carbonyl (C=O) groups is 1. The quantitative estimate of drug-likeness (QED) is 0.421. The van der Waals surface area contributed by atoms with Crippen LogP contribution < -0.4 is 0 Å². The average Bonchev–Trinajstić information content (AvgIpc) is 3.38.